The van der Waals surface area contributed by atoms with Crippen molar-refractivity contribution in [3.05, 3.63) is 35.5 Å². The first-order valence-corrected chi connectivity index (χ1v) is 8.53. The number of anilines is 1. The minimum atomic E-state index is 0.105. The Bertz CT molecular complexity index is 804. The zero-order valence-electron chi connectivity index (χ0n) is 14.6. The third-order valence-corrected chi connectivity index (χ3v) is 5.04. The molecule has 0 aliphatic heterocycles. The van der Waals surface area contributed by atoms with Gasteiger partial charge in [-0.25, -0.2) is 9.97 Å². The summed E-state index contributed by atoms with van der Waals surface area (Å²) in [4.78, 5) is 11.1. The van der Waals surface area contributed by atoms with Crippen LogP contribution in [0, 0.1) is 11.3 Å². The van der Waals surface area contributed by atoms with Crippen molar-refractivity contribution < 1.29 is 5.11 Å². The van der Waals surface area contributed by atoms with Crippen LogP contribution in [-0.4, -0.2) is 40.1 Å². The molecule has 25 heavy (non-hydrogen) atoms. The lowest BCUT2D eigenvalue weighted by molar-refractivity contribution is 0.215. The van der Waals surface area contributed by atoms with Crippen molar-refractivity contribution in [1.82, 2.24) is 14.9 Å². The highest BCUT2D eigenvalue weighted by molar-refractivity contribution is 5.66. The van der Waals surface area contributed by atoms with Crippen molar-refractivity contribution in [3.8, 4) is 23.2 Å². The number of benzene rings is 1. The van der Waals surface area contributed by atoms with Crippen molar-refractivity contribution in [1.29, 1.82) is 5.26 Å². The van der Waals surface area contributed by atoms with E-state index in [4.69, 9.17) is 5.73 Å². The number of nitrogens with zero attached hydrogens (tertiary/aromatic N) is 4. The molecule has 1 saturated carbocycles. The molecule has 3 N–H and O–H groups in total. The van der Waals surface area contributed by atoms with E-state index in [-0.39, 0.29) is 17.5 Å². The van der Waals surface area contributed by atoms with Gasteiger partial charge < -0.3 is 15.7 Å². The fourth-order valence-electron chi connectivity index (χ4n) is 3.55. The standard InChI is InChI=1S/C19H23N5O/c1-24(2)13-9-7-12(8-10-13)17-15(11-20)18(21)23-19(22-17)14-5-3-4-6-16(14)25/h3-6,12-13,25H,7-10H2,1-2H3,(H2,21,22,23). The number of rotatable bonds is 3. The summed E-state index contributed by atoms with van der Waals surface area (Å²) in [5, 5.41) is 19.6. The highest BCUT2D eigenvalue weighted by Gasteiger charge is 2.28. The van der Waals surface area contributed by atoms with Gasteiger partial charge in [-0.3, -0.25) is 0 Å². The van der Waals surface area contributed by atoms with Crippen LogP contribution in [0.3, 0.4) is 0 Å². The lowest BCUT2D eigenvalue weighted by Crippen LogP contribution is -2.32. The lowest BCUT2D eigenvalue weighted by Gasteiger charge is -2.32. The number of hydrogen-bond donors (Lipinski definition) is 2. The first-order valence-electron chi connectivity index (χ1n) is 8.53. The summed E-state index contributed by atoms with van der Waals surface area (Å²) in [6.45, 7) is 0. The first kappa shape index (κ1) is 17.2. The van der Waals surface area contributed by atoms with Crippen LogP contribution in [0.1, 0.15) is 42.9 Å². The quantitative estimate of drug-likeness (QED) is 0.893. The lowest BCUT2D eigenvalue weighted by atomic mass is 9.82. The third kappa shape index (κ3) is 3.42. The SMILES string of the molecule is CN(C)C1CCC(c2nc(-c3ccccc3O)nc(N)c2C#N)CC1. The van der Waals surface area contributed by atoms with Crippen LogP contribution in [0.15, 0.2) is 24.3 Å². The summed E-state index contributed by atoms with van der Waals surface area (Å²) in [5.41, 5.74) is 7.65. The number of phenols is 1. The summed E-state index contributed by atoms with van der Waals surface area (Å²) in [6.07, 6.45) is 4.07. The van der Waals surface area contributed by atoms with Crippen molar-refractivity contribution in [2.24, 2.45) is 0 Å². The summed E-state index contributed by atoms with van der Waals surface area (Å²) in [5.74, 6) is 0.856. The van der Waals surface area contributed by atoms with E-state index in [0.29, 0.717) is 28.7 Å². The van der Waals surface area contributed by atoms with Gasteiger partial charge in [0.05, 0.1) is 11.3 Å². The van der Waals surface area contributed by atoms with Crippen LogP contribution >= 0.6 is 0 Å². The average Bonchev–Trinajstić information content (AvgIpc) is 2.61. The normalized spacial score (nSPS) is 20.4. The Morgan fingerprint density at radius 2 is 1.84 bits per heavy atom. The number of aromatic hydroxyl groups is 1. The van der Waals surface area contributed by atoms with Gasteiger partial charge in [-0.05, 0) is 51.9 Å². The second kappa shape index (κ2) is 7.08. The van der Waals surface area contributed by atoms with Gasteiger partial charge in [-0.2, -0.15) is 5.26 Å². The minimum absolute atomic E-state index is 0.105. The van der Waals surface area contributed by atoms with Gasteiger partial charge in [0, 0.05) is 12.0 Å². The van der Waals surface area contributed by atoms with Crippen molar-refractivity contribution in [2.75, 3.05) is 19.8 Å². The minimum Gasteiger partial charge on any atom is -0.507 e. The predicted octanol–water partition coefficient (Wildman–Crippen LogP) is 2.89. The fraction of sp³-hybridized carbons (Fsp3) is 0.421. The van der Waals surface area contributed by atoms with Gasteiger partial charge in [-0.1, -0.05) is 12.1 Å². The van der Waals surface area contributed by atoms with Crippen molar-refractivity contribution in [2.45, 2.75) is 37.6 Å². The first-order chi connectivity index (χ1) is 12.0. The largest absolute Gasteiger partial charge is 0.507 e. The summed E-state index contributed by atoms with van der Waals surface area (Å²) < 4.78 is 0. The second-order valence-electron chi connectivity index (χ2n) is 6.79. The molecule has 2 aromatic rings. The van der Waals surface area contributed by atoms with Crippen LogP contribution in [0.25, 0.3) is 11.4 Å². The molecule has 1 aliphatic rings. The van der Waals surface area contributed by atoms with Gasteiger partial charge >= 0.3 is 0 Å². The molecular weight excluding hydrogens is 314 g/mol. The molecule has 1 aliphatic carbocycles. The van der Waals surface area contributed by atoms with E-state index in [9.17, 15) is 10.4 Å². The molecular formula is C19H23N5O. The molecule has 3 rings (SSSR count). The molecule has 0 amide bonds. The fourth-order valence-corrected chi connectivity index (χ4v) is 3.55. The Labute approximate surface area is 147 Å². The van der Waals surface area contributed by atoms with Gasteiger partial charge in [0.1, 0.15) is 23.2 Å². The summed E-state index contributed by atoms with van der Waals surface area (Å²) >= 11 is 0. The molecule has 1 heterocycles. The maximum Gasteiger partial charge on any atom is 0.165 e. The Hall–Kier alpha value is -2.65. The number of hydrogen-bond acceptors (Lipinski definition) is 6. The molecule has 0 saturated heterocycles. The van der Waals surface area contributed by atoms with Crippen LogP contribution in [0.5, 0.6) is 5.75 Å². The Kier molecular flexibility index (Phi) is 4.86. The maximum absolute atomic E-state index is 10.1. The average molecular weight is 337 g/mol. The number of nitrogen functional groups attached to an aromatic ring is 1. The molecule has 1 aromatic carbocycles. The zero-order chi connectivity index (χ0) is 18.0. The zero-order valence-corrected chi connectivity index (χ0v) is 14.6. The van der Waals surface area contributed by atoms with E-state index in [2.05, 4.69) is 35.0 Å². The smallest absolute Gasteiger partial charge is 0.165 e. The van der Waals surface area contributed by atoms with E-state index < -0.39 is 0 Å². The highest BCUT2D eigenvalue weighted by Crippen LogP contribution is 2.37. The van der Waals surface area contributed by atoms with E-state index in [1.54, 1.807) is 18.2 Å². The topological polar surface area (TPSA) is 99.1 Å². The number of phenolic OH excluding ortho intramolecular Hbond substituents is 1. The van der Waals surface area contributed by atoms with Gasteiger partial charge in [0.25, 0.3) is 0 Å². The van der Waals surface area contributed by atoms with Gasteiger partial charge in [0.2, 0.25) is 0 Å². The monoisotopic (exact) mass is 337 g/mol. The van der Waals surface area contributed by atoms with E-state index in [1.807, 2.05) is 6.07 Å². The van der Waals surface area contributed by atoms with Crippen LogP contribution < -0.4 is 5.73 Å². The Morgan fingerprint density at radius 1 is 1.16 bits per heavy atom. The molecule has 130 valence electrons. The van der Waals surface area contributed by atoms with E-state index in [1.165, 1.54) is 0 Å². The maximum atomic E-state index is 10.1. The summed E-state index contributed by atoms with van der Waals surface area (Å²) in [7, 11) is 4.20. The molecule has 0 atom stereocenters. The highest BCUT2D eigenvalue weighted by atomic mass is 16.3. The van der Waals surface area contributed by atoms with Crippen LogP contribution in [0.4, 0.5) is 5.82 Å². The predicted molar refractivity (Wildman–Crippen MR) is 96.9 cm³/mol. The van der Waals surface area contributed by atoms with Gasteiger partial charge in [-0.15, -0.1) is 0 Å². The Balaban J connectivity index is 1.99. The molecule has 0 bridgehead atoms. The summed E-state index contributed by atoms with van der Waals surface area (Å²) in [6, 6.07) is 9.64. The molecule has 0 spiro atoms. The Morgan fingerprint density at radius 3 is 2.44 bits per heavy atom. The molecule has 1 fully saturated rings. The molecule has 0 unspecified atom stereocenters. The second-order valence-corrected chi connectivity index (χ2v) is 6.79. The van der Waals surface area contributed by atoms with Gasteiger partial charge in [0.15, 0.2) is 5.82 Å². The van der Waals surface area contributed by atoms with Crippen molar-refractivity contribution in [3.63, 3.8) is 0 Å². The molecule has 6 nitrogen and oxygen atoms in total. The number of para-hydroxylation sites is 1. The third-order valence-electron chi connectivity index (χ3n) is 5.04. The number of nitrogens with two attached hydrogens (primary N) is 1. The van der Waals surface area contributed by atoms with E-state index in [0.717, 1.165) is 25.7 Å². The number of aromatic nitrogens is 2. The van der Waals surface area contributed by atoms with Crippen LogP contribution in [-0.2, 0) is 0 Å². The molecule has 0 radical (unpaired) electrons. The van der Waals surface area contributed by atoms with Crippen molar-refractivity contribution >= 4 is 5.82 Å². The van der Waals surface area contributed by atoms with E-state index >= 15 is 0 Å². The number of nitriles is 1. The molecule has 1 aromatic heterocycles. The molecule has 6 heteroatoms. The van der Waals surface area contributed by atoms with Crippen LogP contribution in [0.2, 0.25) is 0 Å².